The Morgan fingerprint density at radius 2 is 1.83 bits per heavy atom. The summed E-state index contributed by atoms with van der Waals surface area (Å²) in [6, 6.07) is 19.1. The highest BCUT2D eigenvalue weighted by atomic mass is 35.5. The van der Waals surface area contributed by atoms with Crippen molar-refractivity contribution in [1.82, 2.24) is 0 Å². The Morgan fingerprint density at radius 3 is 2.61 bits per heavy atom. The average molecular weight is 326 g/mol. The first-order valence-corrected chi connectivity index (χ1v) is 7.67. The van der Waals surface area contributed by atoms with Gasteiger partial charge in [-0.25, -0.2) is 0 Å². The molecule has 3 nitrogen and oxygen atoms in total. The fourth-order valence-corrected chi connectivity index (χ4v) is 2.61. The summed E-state index contributed by atoms with van der Waals surface area (Å²) in [5.74, 6) is 0.456. The largest absolute Gasteiger partial charge is 0.483 e. The SMILES string of the molecule is Cc1cc(Cl)ccc1OCC(=O)Nc1ccc2ccccc2c1. The van der Waals surface area contributed by atoms with Crippen molar-refractivity contribution in [2.75, 3.05) is 11.9 Å². The number of anilines is 1. The van der Waals surface area contributed by atoms with Gasteiger partial charge in [-0.3, -0.25) is 4.79 Å². The van der Waals surface area contributed by atoms with Gasteiger partial charge >= 0.3 is 0 Å². The molecule has 1 N–H and O–H groups in total. The summed E-state index contributed by atoms with van der Waals surface area (Å²) in [6.45, 7) is 1.84. The van der Waals surface area contributed by atoms with E-state index in [0.29, 0.717) is 10.8 Å². The Balaban J connectivity index is 1.64. The number of hydrogen-bond acceptors (Lipinski definition) is 2. The van der Waals surface area contributed by atoms with Crippen LogP contribution in [-0.2, 0) is 4.79 Å². The van der Waals surface area contributed by atoms with E-state index in [4.69, 9.17) is 16.3 Å². The summed E-state index contributed by atoms with van der Waals surface area (Å²) in [4.78, 5) is 12.0. The standard InChI is InChI=1S/C19H16ClNO2/c1-13-10-16(20)7-9-18(13)23-12-19(22)21-17-8-6-14-4-2-3-5-15(14)11-17/h2-11H,12H2,1H3,(H,21,22). The molecule has 0 aliphatic heterocycles. The Morgan fingerprint density at radius 1 is 1.04 bits per heavy atom. The molecule has 0 radical (unpaired) electrons. The minimum absolute atomic E-state index is 0.0463. The van der Waals surface area contributed by atoms with Gasteiger partial charge in [0.1, 0.15) is 5.75 Å². The zero-order chi connectivity index (χ0) is 16.2. The summed E-state index contributed by atoms with van der Waals surface area (Å²) in [6.07, 6.45) is 0. The second-order valence-corrected chi connectivity index (χ2v) is 5.75. The van der Waals surface area contributed by atoms with Gasteiger partial charge in [0.05, 0.1) is 0 Å². The second kappa shape index (κ2) is 6.71. The molecule has 3 rings (SSSR count). The highest BCUT2D eigenvalue weighted by molar-refractivity contribution is 6.30. The van der Waals surface area contributed by atoms with Crippen molar-refractivity contribution in [3.63, 3.8) is 0 Å². The molecule has 0 aliphatic rings. The molecule has 0 atom stereocenters. The number of aryl methyl sites for hydroxylation is 1. The van der Waals surface area contributed by atoms with Crippen LogP contribution in [0.25, 0.3) is 10.8 Å². The topological polar surface area (TPSA) is 38.3 Å². The van der Waals surface area contributed by atoms with Crippen molar-refractivity contribution in [1.29, 1.82) is 0 Å². The number of carbonyl (C=O) groups excluding carboxylic acids is 1. The number of ether oxygens (including phenoxy) is 1. The van der Waals surface area contributed by atoms with Crippen LogP contribution in [0.3, 0.4) is 0 Å². The lowest BCUT2D eigenvalue weighted by atomic mass is 10.1. The molecule has 4 heteroatoms. The molecule has 0 unspecified atom stereocenters. The van der Waals surface area contributed by atoms with Gasteiger partial charge in [-0.2, -0.15) is 0 Å². The molecular formula is C19H16ClNO2. The van der Waals surface area contributed by atoms with E-state index in [0.717, 1.165) is 22.0 Å². The molecule has 3 aromatic rings. The quantitative estimate of drug-likeness (QED) is 0.747. The first kappa shape index (κ1) is 15.4. The summed E-state index contributed by atoms with van der Waals surface area (Å²) in [5.41, 5.74) is 1.65. The normalized spacial score (nSPS) is 10.5. The second-order valence-electron chi connectivity index (χ2n) is 5.31. The Kier molecular flexibility index (Phi) is 4.49. The average Bonchev–Trinajstić information content (AvgIpc) is 2.54. The molecule has 1 amide bonds. The zero-order valence-corrected chi connectivity index (χ0v) is 13.4. The minimum Gasteiger partial charge on any atom is -0.483 e. The van der Waals surface area contributed by atoms with Crippen LogP contribution in [0.5, 0.6) is 5.75 Å². The number of benzene rings is 3. The van der Waals surface area contributed by atoms with Gasteiger partial charge < -0.3 is 10.1 Å². The lowest BCUT2D eigenvalue weighted by Gasteiger charge is -2.10. The lowest BCUT2D eigenvalue weighted by Crippen LogP contribution is -2.20. The van der Waals surface area contributed by atoms with Crippen molar-refractivity contribution in [2.24, 2.45) is 0 Å². The number of amides is 1. The predicted molar refractivity (Wildman–Crippen MR) is 94.3 cm³/mol. The molecule has 0 aliphatic carbocycles. The summed E-state index contributed by atoms with van der Waals surface area (Å²) in [5, 5.41) is 5.71. The van der Waals surface area contributed by atoms with Gasteiger partial charge in [-0.15, -0.1) is 0 Å². The maximum Gasteiger partial charge on any atom is 0.262 e. The van der Waals surface area contributed by atoms with Gasteiger partial charge in [0.15, 0.2) is 6.61 Å². The Hall–Kier alpha value is -2.52. The highest BCUT2D eigenvalue weighted by Crippen LogP contribution is 2.22. The smallest absolute Gasteiger partial charge is 0.262 e. The van der Waals surface area contributed by atoms with Crippen molar-refractivity contribution >= 4 is 34.0 Å². The van der Waals surface area contributed by atoms with Gasteiger partial charge in [-0.1, -0.05) is 41.9 Å². The van der Waals surface area contributed by atoms with E-state index in [1.54, 1.807) is 18.2 Å². The molecule has 23 heavy (non-hydrogen) atoms. The molecule has 0 aromatic heterocycles. The van der Waals surface area contributed by atoms with Crippen molar-refractivity contribution < 1.29 is 9.53 Å². The monoisotopic (exact) mass is 325 g/mol. The summed E-state index contributed by atoms with van der Waals surface area (Å²) < 4.78 is 5.54. The van der Waals surface area contributed by atoms with Crippen LogP contribution in [-0.4, -0.2) is 12.5 Å². The van der Waals surface area contributed by atoms with Gasteiger partial charge in [0.2, 0.25) is 0 Å². The lowest BCUT2D eigenvalue weighted by molar-refractivity contribution is -0.118. The van der Waals surface area contributed by atoms with Gasteiger partial charge in [0, 0.05) is 10.7 Å². The molecule has 0 spiro atoms. The van der Waals surface area contributed by atoms with E-state index in [-0.39, 0.29) is 12.5 Å². The van der Waals surface area contributed by atoms with Crippen molar-refractivity contribution in [3.8, 4) is 5.75 Å². The number of fused-ring (bicyclic) bond motifs is 1. The van der Waals surface area contributed by atoms with E-state index < -0.39 is 0 Å². The molecule has 0 heterocycles. The van der Waals surface area contributed by atoms with Gasteiger partial charge in [0.25, 0.3) is 5.91 Å². The van der Waals surface area contributed by atoms with Gasteiger partial charge in [-0.05, 0) is 53.6 Å². The minimum atomic E-state index is -0.199. The fraction of sp³-hybridized carbons (Fsp3) is 0.105. The third-order valence-corrected chi connectivity index (χ3v) is 3.76. The Bertz CT molecular complexity index is 861. The van der Waals surface area contributed by atoms with E-state index in [2.05, 4.69) is 5.32 Å². The molecule has 0 bridgehead atoms. The first-order chi connectivity index (χ1) is 11.1. The highest BCUT2D eigenvalue weighted by Gasteiger charge is 2.06. The zero-order valence-electron chi connectivity index (χ0n) is 12.7. The number of nitrogens with one attached hydrogen (secondary N) is 1. The van der Waals surface area contributed by atoms with Crippen LogP contribution >= 0.6 is 11.6 Å². The molecule has 0 saturated carbocycles. The fourth-order valence-electron chi connectivity index (χ4n) is 2.38. The number of carbonyl (C=O) groups is 1. The third-order valence-electron chi connectivity index (χ3n) is 3.53. The maximum atomic E-state index is 12.0. The molecule has 0 fully saturated rings. The number of halogens is 1. The van der Waals surface area contributed by atoms with Crippen LogP contribution < -0.4 is 10.1 Å². The molecule has 0 saturated heterocycles. The Labute approximate surface area is 139 Å². The van der Waals surface area contributed by atoms with Crippen LogP contribution in [0.15, 0.2) is 60.7 Å². The maximum absolute atomic E-state index is 12.0. The van der Waals surface area contributed by atoms with E-state index in [1.165, 1.54) is 0 Å². The van der Waals surface area contributed by atoms with Crippen molar-refractivity contribution in [3.05, 3.63) is 71.2 Å². The predicted octanol–water partition coefficient (Wildman–Crippen LogP) is 4.82. The number of hydrogen-bond donors (Lipinski definition) is 1. The van der Waals surface area contributed by atoms with E-state index >= 15 is 0 Å². The summed E-state index contributed by atoms with van der Waals surface area (Å²) >= 11 is 5.90. The van der Waals surface area contributed by atoms with Crippen LogP contribution in [0.1, 0.15) is 5.56 Å². The molecule has 3 aromatic carbocycles. The van der Waals surface area contributed by atoms with Crippen LogP contribution in [0.4, 0.5) is 5.69 Å². The van der Waals surface area contributed by atoms with Crippen LogP contribution in [0.2, 0.25) is 5.02 Å². The van der Waals surface area contributed by atoms with E-state index in [1.807, 2.05) is 49.4 Å². The summed E-state index contributed by atoms with van der Waals surface area (Å²) in [7, 11) is 0. The molecular weight excluding hydrogens is 310 g/mol. The van der Waals surface area contributed by atoms with E-state index in [9.17, 15) is 4.79 Å². The van der Waals surface area contributed by atoms with Crippen LogP contribution in [0, 0.1) is 6.92 Å². The molecule has 116 valence electrons. The third kappa shape index (κ3) is 3.82. The first-order valence-electron chi connectivity index (χ1n) is 7.29. The number of rotatable bonds is 4. The van der Waals surface area contributed by atoms with Crippen molar-refractivity contribution in [2.45, 2.75) is 6.92 Å².